The van der Waals surface area contributed by atoms with Crippen LogP contribution in [0.25, 0.3) is 6.08 Å². The number of carbonyl (C=O) groups is 1. The van der Waals surface area contributed by atoms with Crippen LogP contribution >= 0.6 is 22.7 Å². The number of thiazole rings is 1. The first-order valence-electron chi connectivity index (χ1n) is 10.8. The number of nitrogens with zero attached hydrogens (tertiary/aromatic N) is 2. The minimum Gasteiger partial charge on any atom is -0.491 e. The molecule has 3 heterocycles. The summed E-state index contributed by atoms with van der Waals surface area (Å²) in [6.07, 6.45) is 1.95. The van der Waals surface area contributed by atoms with Gasteiger partial charge in [0.1, 0.15) is 5.75 Å². The number of esters is 1. The van der Waals surface area contributed by atoms with Crippen LogP contribution in [-0.2, 0) is 9.53 Å². The molecule has 0 radical (unpaired) electrons. The second-order valence-corrected chi connectivity index (χ2v) is 9.96. The lowest BCUT2D eigenvalue weighted by Crippen LogP contribution is -2.39. The lowest BCUT2D eigenvalue weighted by molar-refractivity contribution is -0.139. The van der Waals surface area contributed by atoms with Crippen molar-refractivity contribution in [2.24, 2.45) is 4.99 Å². The van der Waals surface area contributed by atoms with Gasteiger partial charge in [-0.25, -0.2) is 9.79 Å². The van der Waals surface area contributed by atoms with E-state index in [1.165, 1.54) is 11.3 Å². The number of rotatable bonds is 6. The molecule has 1 unspecified atom stereocenters. The van der Waals surface area contributed by atoms with Gasteiger partial charge in [0.05, 0.1) is 34.6 Å². The van der Waals surface area contributed by atoms with E-state index in [0.717, 1.165) is 21.8 Å². The first kappa shape index (κ1) is 23.2. The van der Waals surface area contributed by atoms with E-state index in [1.54, 1.807) is 29.8 Å². The van der Waals surface area contributed by atoms with Crippen molar-refractivity contribution in [1.29, 1.82) is 0 Å². The lowest BCUT2D eigenvalue weighted by Gasteiger charge is -2.25. The monoisotopic (exact) mass is 482 g/mol. The van der Waals surface area contributed by atoms with Gasteiger partial charge in [-0.3, -0.25) is 9.36 Å². The van der Waals surface area contributed by atoms with Crippen molar-refractivity contribution in [1.82, 2.24) is 4.57 Å². The molecular weight excluding hydrogens is 456 g/mol. The van der Waals surface area contributed by atoms with Gasteiger partial charge in [0.25, 0.3) is 5.56 Å². The molecule has 3 aromatic rings. The summed E-state index contributed by atoms with van der Waals surface area (Å²) in [5.41, 5.74) is 2.67. The van der Waals surface area contributed by atoms with E-state index in [9.17, 15) is 9.59 Å². The van der Waals surface area contributed by atoms with E-state index >= 15 is 0 Å². The van der Waals surface area contributed by atoms with Crippen LogP contribution in [0, 0.1) is 6.92 Å². The van der Waals surface area contributed by atoms with Crippen molar-refractivity contribution in [2.45, 2.75) is 46.8 Å². The predicted molar refractivity (Wildman–Crippen MR) is 132 cm³/mol. The van der Waals surface area contributed by atoms with Gasteiger partial charge in [-0.2, -0.15) is 0 Å². The van der Waals surface area contributed by atoms with Crippen molar-refractivity contribution in [3.63, 3.8) is 0 Å². The van der Waals surface area contributed by atoms with Crippen LogP contribution in [0.15, 0.2) is 56.8 Å². The highest BCUT2D eigenvalue weighted by atomic mass is 32.1. The molecule has 0 saturated heterocycles. The van der Waals surface area contributed by atoms with Gasteiger partial charge in [-0.05, 0) is 75.4 Å². The highest BCUT2D eigenvalue weighted by molar-refractivity contribution is 7.11. The molecule has 0 bridgehead atoms. The van der Waals surface area contributed by atoms with E-state index < -0.39 is 12.0 Å². The van der Waals surface area contributed by atoms with E-state index in [0.29, 0.717) is 20.6 Å². The van der Waals surface area contributed by atoms with Crippen LogP contribution in [0.4, 0.5) is 0 Å². The molecule has 0 N–H and O–H groups in total. The fourth-order valence-electron chi connectivity index (χ4n) is 3.76. The maximum atomic E-state index is 13.6. The van der Waals surface area contributed by atoms with Crippen LogP contribution in [0.2, 0.25) is 0 Å². The molecule has 0 spiro atoms. The highest BCUT2D eigenvalue weighted by Gasteiger charge is 2.33. The second-order valence-electron chi connectivity index (χ2n) is 8.01. The zero-order valence-electron chi connectivity index (χ0n) is 19.2. The van der Waals surface area contributed by atoms with Crippen molar-refractivity contribution >= 4 is 34.7 Å². The van der Waals surface area contributed by atoms with Crippen LogP contribution < -0.4 is 19.6 Å². The second kappa shape index (κ2) is 9.49. The number of allylic oxidation sites excluding steroid dienone is 1. The fraction of sp³-hybridized carbons (Fsp3) is 0.320. The Bertz CT molecular complexity index is 1390. The molecule has 2 aromatic heterocycles. The Kier molecular flexibility index (Phi) is 6.67. The van der Waals surface area contributed by atoms with E-state index in [4.69, 9.17) is 9.47 Å². The fourth-order valence-corrected chi connectivity index (χ4v) is 5.72. The van der Waals surface area contributed by atoms with E-state index in [-0.39, 0.29) is 18.3 Å². The standard InChI is InChI=1S/C25H26N2O4S2/c1-6-30-24(29)21-16(5)26-25-27(22(21)17-7-9-18(10-8-17)31-14(2)3)23(28)20(33-25)13-19-15(4)11-12-32-19/h7-14,22H,6H2,1-5H3/b20-13+. The van der Waals surface area contributed by atoms with Crippen molar-refractivity contribution in [3.8, 4) is 5.75 Å². The summed E-state index contributed by atoms with van der Waals surface area (Å²) in [5, 5.41) is 2.00. The average Bonchev–Trinajstić information content (AvgIpc) is 3.30. The molecule has 0 aliphatic carbocycles. The molecule has 8 heteroatoms. The quantitative estimate of drug-likeness (QED) is 0.499. The largest absolute Gasteiger partial charge is 0.491 e. The molecule has 172 valence electrons. The number of ether oxygens (including phenoxy) is 2. The van der Waals surface area contributed by atoms with Gasteiger partial charge < -0.3 is 9.47 Å². The predicted octanol–water partition coefficient (Wildman–Crippen LogP) is 3.96. The maximum absolute atomic E-state index is 13.6. The summed E-state index contributed by atoms with van der Waals surface area (Å²) in [4.78, 5) is 32.7. The molecule has 4 rings (SSSR count). The summed E-state index contributed by atoms with van der Waals surface area (Å²) in [7, 11) is 0. The summed E-state index contributed by atoms with van der Waals surface area (Å²) >= 11 is 2.92. The van der Waals surface area contributed by atoms with Crippen LogP contribution in [-0.4, -0.2) is 23.2 Å². The number of hydrogen-bond acceptors (Lipinski definition) is 7. The first-order chi connectivity index (χ1) is 15.8. The van der Waals surface area contributed by atoms with Gasteiger partial charge in [0, 0.05) is 4.88 Å². The Labute approximate surface area is 200 Å². The third-order valence-electron chi connectivity index (χ3n) is 5.25. The topological polar surface area (TPSA) is 69.9 Å². The Morgan fingerprint density at radius 3 is 2.55 bits per heavy atom. The maximum Gasteiger partial charge on any atom is 0.338 e. The number of fused-ring (bicyclic) bond motifs is 1. The Balaban J connectivity index is 1.90. The van der Waals surface area contributed by atoms with Gasteiger partial charge in [0.15, 0.2) is 4.80 Å². The summed E-state index contributed by atoms with van der Waals surface area (Å²) in [5.74, 6) is 0.266. The lowest BCUT2D eigenvalue weighted by atomic mass is 9.96. The van der Waals surface area contributed by atoms with Gasteiger partial charge in [-0.15, -0.1) is 11.3 Å². The minimum atomic E-state index is -0.625. The summed E-state index contributed by atoms with van der Waals surface area (Å²) in [6, 6.07) is 8.90. The number of aryl methyl sites for hydroxylation is 1. The first-order valence-corrected chi connectivity index (χ1v) is 12.5. The van der Waals surface area contributed by atoms with Gasteiger partial charge >= 0.3 is 5.97 Å². The minimum absolute atomic E-state index is 0.0477. The van der Waals surface area contributed by atoms with Crippen LogP contribution in [0.1, 0.15) is 49.7 Å². The SMILES string of the molecule is CCOC(=O)C1=C(C)N=c2s/c(=C/c3sccc3C)c(=O)n2C1c1ccc(OC(C)C)cc1. The van der Waals surface area contributed by atoms with Crippen molar-refractivity contribution in [2.75, 3.05) is 6.61 Å². The zero-order chi connectivity index (χ0) is 23.7. The van der Waals surface area contributed by atoms with Crippen LogP contribution in [0.5, 0.6) is 5.75 Å². The summed E-state index contributed by atoms with van der Waals surface area (Å²) < 4.78 is 13.3. The third kappa shape index (κ3) is 4.58. The molecular formula is C25H26N2O4S2. The normalized spacial score (nSPS) is 16.1. The van der Waals surface area contributed by atoms with Crippen LogP contribution in [0.3, 0.4) is 0 Å². The number of benzene rings is 1. The van der Waals surface area contributed by atoms with Crippen molar-refractivity contribution in [3.05, 3.63) is 82.7 Å². The Morgan fingerprint density at radius 2 is 1.94 bits per heavy atom. The van der Waals surface area contributed by atoms with Gasteiger partial charge in [0.2, 0.25) is 0 Å². The average molecular weight is 483 g/mol. The number of aromatic nitrogens is 1. The molecule has 0 fully saturated rings. The van der Waals surface area contributed by atoms with Crippen molar-refractivity contribution < 1.29 is 14.3 Å². The Morgan fingerprint density at radius 1 is 1.21 bits per heavy atom. The molecule has 1 aliphatic rings. The molecule has 0 amide bonds. The third-order valence-corrected chi connectivity index (χ3v) is 7.20. The smallest absolute Gasteiger partial charge is 0.338 e. The summed E-state index contributed by atoms with van der Waals surface area (Å²) in [6.45, 7) is 9.74. The molecule has 0 saturated carbocycles. The molecule has 33 heavy (non-hydrogen) atoms. The number of thiophene rings is 1. The van der Waals surface area contributed by atoms with E-state index in [1.807, 2.05) is 62.6 Å². The highest BCUT2D eigenvalue weighted by Crippen LogP contribution is 2.31. The molecule has 1 aromatic carbocycles. The Hall–Kier alpha value is -2.97. The zero-order valence-corrected chi connectivity index (χ0v) is 20.9. The number of hydrogen-bond donors (Lipinski definition) is 0. The van der Waals surface area contributed by atoms with E-state index in [2.05, 4.69) is 4.99 Å². The molecule has 1 atom stereocenters. The van der Waals surface area contributed by atoms with Gasteiger partial charge in [-0.1, -0.05) is 23.5 Å². The number of carbonyl (C=O) groups excluding carboxylic acids is 1. The molecule has 1 aliphatic heterocycles. The molecule has 6 nitrogen and oxygen atoms in total.